The van der Waals surface area contributed by atoms with Crippen molar-refractivity contribution < 1.29 is 18.7 Å². The lowest BCUT2D eigenvalue weighted by Gasteiger charge is -2.54. The van der Waals surface area contributed by atoms with Crippen molar-refractivity contribution in [1.29, 1.82) is 0 Å². The summed E-state index contributed by atoms with van der Waals surface area (Å²) < 4.78 is 30.5. The molecule has 1 amide bonds. The molecule has 0 spiro atoms. The summed E-state index contributed by atoms with van der Waals surface area (Å²) in [6.07, 6.45) is 5.64. The van der Waals surface area contributed by atoms with E-state index in [1.807, 2.05) is 35.3 Å². The number of benzene rings is 2. The molecule has 6 nitrogen and oxygen atoms in total. The minimum atomic E-state index is -0.936. The molecule has 1 unspecified atom stereocenters. The van der Waals surface area contributed by atoms with Crippen LogP contribution in [0.2, 0.25) is 0 Å². The minimum absolute atomic E-state index is 0.00117. The van der Waals surface area contributed by atoms with Crippen LogP contribution in [0.3, 0.4) is 0 Å². The maximum absolute atomic E-state index is 14.7. The predicted octanol–water partition coefficient (Wildman–Crippen LogP) is 4.23. The van der Waals surface area contributed by atoms with Crippen LogP contribution >= 0.6 is 0 Å². The van der Waals surface area contributed by atoms with Gasteiger partial charge < -0.3 is 10.0 Å². The number of aromatic hydroxyl groups is 1. The number of pyridine rings is 1. The van der Waals surface area contributed by atoms with Gasteiger partial charge in [-0.3, -0.25) is 19.3 Å². The number of fused-ring (bicyclic) bond motifs is 4. The van der Waals surface area contributed by atoms with Gasteiger partial charge in [0.2, 0.25) is 5.43 Å². The van der Waals surface area contributed by atoms with Crippen LogP contribution in [0.4, 0.5) is 8.78 Å². The van der Waals surface area contributed by atoms with Crippen LogP contribution in [0.15, 0.2) is 59.5 Å². The number of hydrogen-bond donors (Lipinski definition) is 1. The molecule has 1 aromatic heterocycles. The maximum atomic E-state index is 14.7. The predicted molar refractivity (Wildman–Crippen MR) is 126 cm³/mol. The Balaban J connectivity index is 1.66. The van der Waals surface area contributed by atoms with Gasteiger partial charge in [0.25, 0.3) is 5.91 Å². The van der Waals surface area contributed by atoms with Crippen LogP contribution in [0.5, 0.6) is 5.75 Å². The van der Waals surface area contributed by atoms with Gasteiger partial charge in [-0.2, -0.15) is 0 Å². The van der Waals surface area contributed by atoms with Gasteiger partial charge in [0.05, 0.1) is 6.04 Å². The fraction of sp³-hybridized carbons (Fsp3) is 0.333. The van der Waals surface area contributed by atoms with Crippen molar-refractivity contribution in [3.63, 3.8) is 0 Å². The van der Waals surface area contributed by atoms with E-state index in [0.29, 0.717) is 30.4 Å². The van der Waals surface area contributed by atoms with Crippen LogP contribution in [0.1, 0.15) is 65.3 Å². The van der Waals surface area contributed by atoms with Crippen LogP contribution in [0, 0.1) is 11.6 Å². The second-order valence-electron chi connectivity index (χ2n) is 9.55. The molecule has 1 saturated carbocycles. The Bertz CT molecular complexity index is 1370. The number of amides is 1. The quantitative estimate of drug-likeness (QED) is 0.600. The Labute approximate surface area is 201 Å². The molecule has 0 bridgehead atoms. The molecule has 8 heteroatoms. The summed E-state index contributed by atoms with van der Waals surface area (Å²) in [6, 6.07) is 12.6. The van der Waals surface area contributed by atoms with E-state index in [4.69, 9.17) is 0 Å². The topological polar surface area (TPSA) is 65.8 Å². The molecule has 6 rings (SSSR count). The number of aryl methyl sites for hydroxylation is 1. The summed E-state index contributed by atoms with van der Waals surface area (Å²) in [7, 11) is 0. The third kappa shape index (κ3) is 3.34. The smallest absolute Gasteiger partial charge is 0.278 e. The van der Waals surface area contributed by atoms with E-state index in [2.05, 4.69) is 0 Å². The fourth-order valence-electron chi connectivity index (χ4n) is 5.74. The Morgan fingerprint density at radius 3 is 2.37 bits per heavy atom. The summed E-state index contributed by atoms with van der Waals surface area (Å²) in [5.74, 6) is -2.79. The van der Waals surface area contributed by atoms with Gasteiger partial charge in [-0.15, -0.1) is 0 Å². The second kappa shape index (κ2) is 8.22. The number of nitrogens with zero attached hydrogens (tertiary/aromatic N) is 3. The number of rotatable bonds is 2. The second-order valence-corrected chi connectivity index (χ2v) is 9.55. The van der Waals surface area contributed by atoms with Gasteiger partial charge in [-0.05, 0) is 67.3 Å². The molecule has 35 heavy (non-hydrogen) atoms. The van der Waals surface area contributed by atoms with E-state index in [1.54, 1.807) is 9.58 Å². The fourth-order valence-corrected chi connectivity index (χ4v) is 5.74. The standard InChI is InChI=1S/C27H25F2N3O3/c28-20-14-17-8-4-11-23-31(18-9-5-10-18)27(35)25-26(34)22(33)12-13-30(25)32(23)24(19(17)15-21(20)29)16-6-2-1-3-7-16/h1-3,6-7,12-15,18,23-24,34H,4-5,8-11H2/t23?,24-/m1/s1. The maximum Gasteiger partial charge on any atom is 0.278 e. The first-order chi connectivity index (χ1) is 17.0. The summed E-state index contributed by atoms with van der Waals surface area (Å²) in [5, 5.41) is 12.7. The zero-order valence-corrected chi connectivity index (χ0v) is 19.0. The Morgan fingerprint density at radius 2 is 1.66 bits per heavy atom. The third-order valence-corrected chi connectivity index (χ3v) is 7.60. The molecular weight excluding hydrogens is 452 g/mol. The molecule has 0 radical (unpaired) electrons. The summed E-state index contributed by atoms with van der Waals surface area (Å²) in [5.41, 5.74) is 1.42. The SMILES string of the molecule is O=C1c2c(O)c(=O)ccn2N2C(CCCc3cc(F)c(F)cc3[C@H]2c2ccccc2)N1C1CCC1. The normalized spacial score (nSPS) is 21.9. The molecule has 180 valence electrons. The van der Waals surface area contributed by atoms with Crippen LogP contribution in [0.25, 0.3) is 0 Å². The molecule has 0 saturated heterocycles. The van der Waals surface area contributed by atoms with Gasteiger partial charge in [0.15, 0.2) is 23.1 Å². The highest BCUT2D eigenvalue weighted by Crippen LogP contribution is 2.42. The van der Waals surface area contributed by atoms with Crippen LogP contribution in [-0.2, 0) is 6.42 Å². The van der Waals surface area contributed by atoms with Crippen molar-refractivity contribution in [3.05, 3.63) is 99.0 Å². The highest BCUT2D eigenvalue weighted by Gasteiger charge is 2.47. The zero-order valence-electron chi connectivity index (χ0n) is 19.0. The minimum Gasteiger partial charge on any atom is -0.502 e. The monoisotopic (exact) mass is 477 g/mol. The number of carbonyl (C=O) groups excluding carboxylic acids is 1. The number of carbonyl (C=O) groups is 1. The van der Waals surface area contributed by atoms with Crippen molar-refractivity contribution >= 4 is 5.91 Å². The Morgan fingerprint density at radius 1 is 0.914 bits per heavy atom. The average molecular weight is 478 g/mol. The van der Waals surface area contributed by atoms with Crippen molar-refractivity contribution in [2.45, 2.75) is 56.8 Å². The van der Waals surface area contributed by atoms with Gasteiger partial charge in [0, 0.05) is 18.3 Å². The first-order valence-corrected chi connectivity index (χ1v) is 12.0. The molecule has 1 aliphatic carbocycles. The Kier molecular flexibility index (Phi) is 5.12. The first kappa shape index (κ1) is 21.8. The molecule has 2 aromatic carbocycles. The number of hydrogen-bond acceptors (Lipinski definition) is 4. The van der Waals surface area contributed by atoms with E-state index in [-0.39, 0.29) is 23.8 Å². The van der Waals surface area contributed by atoms with Gasteiger partial charge in [0.1, 0.15) is 6.17 Å². The molecule has 3 heterocycles. The lowest BCUT2D eigenvalue weighted by molar-refractivity contribution is 0.0247. The summed E-state index contributed by atoms with van der Waals surface area (Å²) >= 11 is 0. The summed E-state index contributed by atoms with van der Waals surface area (Å²) in [6.45, 7) is 0. The highest BCUT2D eigenvalue weighted by molar-refractivity contribution is 5.96. The summed E-state index contributed by atoms with van der Waals surface area (Å²) in [4.78, 5) is 27.9. The van der Waals surface area contributed by atoms with E-state index < -0.39 is 28.9 Å². The zero-order chi connectivity index (χ0) is 24.3. The third-order valence-electron chi connectivity index (χ3n) is 7.60. The molecule has 1 N–H and O–H groups in total. The molecular formula is C27H25F2N3O3. The molecule has 3 aromatic rings. The molecule has 2 aliphatic heterocycles. The molecule has 2 atom stereocenters. The molecule has 1 fully saturated rings. The van der Waals surface area contributed by atoms with E-state index in [1.165, 1.54) is 24.4 Å². The van der Waals surface area contributed by atoms with Crippen molar-refractivity contribution in [2.24, 2.45) is 0 Å². The van der Waals surface area contributed by atoms with Gasteiger partial charge in [-0.25, -0.2) is 8.78 Å². The lowest BCUT2D eigenvalue weighted by atomic mass is 9.86. The van der Waals surface area contributed by atoms with Crippen LogP contribution < -0.4 is 10.4 Å². The van der Waals surface area contributed by atoms with E-state index in [9.17, 15) is 23.5 Å². The average Bonchev–Trinajstić information content (AvgIpc) is 2.81. The Hall–Kier alpha value is -3.68. The van der Waals surface area contributed by atoms with Gasteiger partial charge >= 0.3 is 0 Å². The van der Waals surface area contributed by atoms with Crippen LogP contribution in [-0.4, -0.2) is 32.8 Å². The highest BCUT2D eigenvalue weighted by atomic mass is 19.2. The van der Waals surface area contributed by atoms with Crippen molar-refractivity contribution in [3.8, 4) is 5.75 Å². The number of halogens is 2. The van der Waals surface area contributed by atoms with Crippen molar-refractivity contribution in [1.82, 2.24) is 9.58 Å². The van der Waals surface area contributed by atoms with Gasteiger partial charge in [-0.1, -0.05) is 30.3 Å². The van der Waals surface area contributed by atoms with E-state index >= 15 is 0 Å². The molecule has 3 aliphatic rings. The first-order valence-electron chi connectivity index (χ1n) is 12.0. The largest absolute Gasteiger partial charge is 0.502 e. The van der Waals surface area contributed by atoms with Crippen molar-refractivity contribution in [2.75, 3.05) is 5.01 Å². The van der Waals surface area contributed by atoms with E-state index in [0.717, 1.165) is 24.8 Å². The lowest BCUT2D eigenvalue weighted by Crippen LogP contribution is -2.66. The number of aromatic nitrogens is 1.